The van der Waals surface area contributed by atoms with Crippen LogP contribution in [0.2, 0.25) is 0 Å². The molecule has 0 bridgehead atoms. The Morgan fingerprint density at radius 3 is 2.77 bits per heavy atom. The van der Waals surface area contributed by atoms with Crippen molar-refractivity contribution in [1.82, 2.24) is 15.1 Å². The first-order valence-electron chi connectivity index (χ1n) is 9.94. The second-order valence-corrected chi connectivity index (χ2v) is 7.71. The van der Waals surface area contributed by atoms with E-state index in [9.17, 15) is 9.59 Å². The molecule has 0 unspecified atom stereocenters. The van der Waals surface area contributed by atoms with E-state index in [1.165, 1.54) is 12.8 Å². The molecule has 2 aliphatic carbocycles. The summed E-state index contributed by atoms with van der Waals surface area (Å²) in [7, 11) is 0. The van der Waals surface area contributed by atoms with E-state index in [1.807, 2.05) is 4.90 Å². The van der Waals surface area contributed by atoms with Crippen LogP contribution in [0.1, 0.15) is 69.1 Å². The van der Waals surface area contributed by atoms with Crippen molar-refractivity contribution in [2.45, 2.75) is 69.7 Å². The van der Waals surface area contributed by atoms with Crippen molar-refractivity contribution >= 4 is 11.7 Å². The Labute approximate surface area is 153 Å². The van der Waals surface area contributed by atoms with Gasteiger partial charge in [-0.25, -0.2) is 0 Å². The lowest BCUT2D eigenvalue weighted by atomic mass is 9.95. The molecule has 0 N–H and O–H groups in total. The van der Waals surface area contributed by atoms with Gasteiger partial charge in [-0.2, -0.15) is 0 Å². The molecule has 3 fully saturated rings. The molecule has 0 spiro atoms. The molecular weight excluding hydrogens is 334 g/mol. The molecule has 7 heteroatoms. The highest BCUT2D eigenvalue weighted by Gasteiger charge is 2.39. The van der Waals surface area contributed by atoms with Crippen molar-refractivity contribution in [2.75, 3.05) is 19.8 Å². The summed E-state index contributed by atoms with van der Waals surface area (Å²) in [4.78, 5) is 26.8. The highest BCUT2D eigenvalue weighted by Crippen LogP contribution is 2.33. The molecule has 0 radical (unpaired) electrons. The van der Waals surface area contributed by atoms with E-state index in [0.29, 0.717) is 50.8 Å². The Morgan fingerprint density at radius 2 is 2.00 bits per heavy atom. The summed E-state index contributed by atoms with van der Waals surface area (Å²) < 4.78 is 11.3. The molecule has 142 valence electrons. The monoisotopic (exact) mass is 361 g/mol. The van der Waals surface area contributed by atoms with Gasteiger partial charge in [0.1, 0.15) is 5.78 Å². The van der Waals surface area contributed by atoms with E-state index < -0.39 is 0 Å². The number of ketones is 1. The van der Waals surface area contributed by atoms with Crippen molar-refractivity contribution in [3.05, 3.63) is 11.8 Å². The molecule has 4 rings (SSSR count). The molecule has 7 nitrogen and oxygen atoms in total. The van der Waals surface area contributed by atoms with E-state index in [0.717, 1.165) is 31.6 Å². The van der Waals surface area contributed by atoms with Gasteiger partial charge in [0.15, 0.2) is 0 Å². The van der Waals surface area contributed by atoms with Gasteiger partial charge in [0.2, 0.25) is 17.7 Å². The average molecular weight is 361 g/mol. The van der Waals surface area contributed by atoms with Gasteiger partial charge < -0.3 is 14.1 Å². The second-order valence-electron chi connectivity index (χ2n) is 7.71. The molecule has 2 saturated carbocycles. The van der Waals surface area contributed by atoms with Crippen LogP contribution in [0.25, 0.3) is 0 Å². The zero-order valence-corrected chi connectivity index (χ0v) is 15.2. The van der Waals surface area contributed by atoms with E-state index in [1.54, 1.807) is 0 Å². The maximum absolute atomic E-state index is 12.8. The first-order chi connectivity index (χ1) is 12.7. The van der Waals surface area contributed by atoms with Crippen LogP contribution >= 0.6 is 0 Å². The summed E-state index contributed by atoms with van der Waals surface area (Å²) >= 11 is 0. The predicted octanol–water partition coefficient (Wildman–Crippen LogP) is 2.26. The largest absolute Gasteiger partial charge is 0.425 e. The van der Waals surface area contributed by atoms with Crippen molar-refractivity contribution in [3.8, 4) is 0 Å². The molecule has 1 amide bonds. The van der Waals surface area contributed by atoms with Gasteiger partial charge in [0, 0.05) is 37.6 Å². The number of hydrogen-bond donors (Lipinski definition) is 0. The Bertz CT molecular complexity index is 653. The van der Waals surface area contributed by atoms with Gasteiger partial charge in [-0.15, -0.1) is 10.2 Å². The summed E-state index contributed by atoms with van der Waals surface area (Å²) in [5.74, 6) is 1.93. The van der Waals surface area contributed by atoms with Crippen LogP contribution in [0.4, 0.5) is 0 Å². The smallest absolute Gasteiger partial charge is 0.223 e. The quantitative estimate of drug-likeness (QED) is 0.800. The summed E-state index contributed by atoms with van der Waals surface area (Å²) in [5.41, 5.74) is 0. The number of aryl methyl sites for hydroxylation is 1. The Kier molecular flexibility index (Phi) is 5.33. The van der Waals surface area contributed by atoms with Crippen molar-refractivity contribution in [3.63, 3.8) is 0 Å². The van der Waals surface area contributed by atoms with Crippen LogP contribution in [0.5, 0.6) is 0 Å². The van der Waals surface area contributed by atoms with Crippen molar-refractivity contribution in [1.29, 1.82) is 0 Å². The highest BCUT2D eigenvalue weighted by molar-refractivity contribution is 5.85. The van der Waals surface area contributed by atoms with Crippen LogP contribution in [-0.2, 0) is 20.7 Å². The van der Waals surface area contributed by atoms with Gasteiger partial charge >= 0.3 is 0 Å². The Morgan fingerprint density at radius 1 is 1.15 bits per heavy atom. The molecule has 1 aliphatic heterocycles. The standard InChI is InChI=1S/C19H27N3O4/c23-16-7-3-6-14(16)15-12-25-11-10-22(15)18(24)9-8-17-20-21-19(26-17)13-4-1-2-5-13/h13-15H,1-12H2/t14-,15-/m1/s1. The highest BCUT2D eigenvalue weighted by atomic mass is 16.5. The van der Waals surface area contributed by atoms with Gasteiger partial charge in [0.25, 0.3) is 0 Å². The van der Waals surface area contributed by atoms with Crippen molar-refractivity contribution in [2.24, 2.45) is 5.92 Å². The number of rotatable bonds is 5. The second kappa shape index (κ2) is 7.86. The van der Waals surface area contributed by atoms with Crippen molar-refractivity contribution < 1.29 is 18.7 Å². The molecule has 1 aromatic rings. The lowest BCUT2D eigenvalue weighted by Gasteiger charge is -2.38. The first-order valence-corrected chi connectivity index (χ1v) is 9.94. The SMILES string of the molecule is O=C1CCC[C@@H]1[C@H]1COCCN1C(=O)CCc1nnc(C2CCCC2)o1. The molecule has 0 aromatic carbocycles. The lowest BCUT2D eigenvalue weighted by molar-refractivity contribution is -0.144. The number of nitrogens with zero attached hydrogens (tertiary/aromatic N) is 3. The number of amides is 1. The number of Topliss-reactive ketones (excluding diaryl/α,β-unsaturated/α-hetero) is 1. The number of hydrogen-bond acceptors (Lipinski definition) is 6. The molecule has 3 aliphatic rings. The van der Waals surface area contributed by atoms with Crippen LogP contribution in [0.15, 0.2) is 4.42 Å². The van der Waals surface area contributed by atoms with Gasteiger partial charge in [0.05, 0.1) is 19.3 Å². The van der Waals surface area contributed by atoms with Gasteiger partial charge in [-0.1, -0.05) is 12.8 Å². The number of ether oxygens (including phenoxy) is 1. The number of carbonyl (C=O) groups excluding carboxylic acids is 2. The maximum Gasteiger partial charge on any atom is 0.223 e. The van der Waals surface area contributed by atoms with E-state index >= 15 is 0 Å². The fourth-order valence-corrected chi connectivity index (χ4v) is 4.58. The minimum atomic E-state index is -0.108. The third-order valence-electron chi connectivity index (χ3n) is 6.04. The van der Waals surface area contributed by atoms with Crippen LogP contribution < -0.4 is 0 Å². The zero-order chi connectivity index (χ0) is 17.9. The number of carbonyl (C=O) groups is 2. The zero-order valence-electron chi connectivity index (χ0n) is 15.2. The number of morpholine rings is 1. The Balaban J connectivity index is 1.35. The topological polar surface area (TPSA) is 85.5 Å². The normalized spacial score (nSPS) is 27.4. The fourth-order valence-electron chi connectivity index (χ4n) is 4.58. The first kappa shape index (κ1) is 17.6. The molecule has 2 atom stereocenters. The fraction of sp³-hybridized carbons (Fsp3) is 0.789. The average Bonchev–Trinajstić information content (AvgIpc) is 3.41. The maximum atomic E-state index is 12.8. The molecule has 1 saturated heterocycles. The van der Waals surface area contributed by atoms with Gasteiger partial charge in [-0.05, 0) is 25.7 Å². The molecular formula is C19H27N3O4. The lowest BCUT2D eigenvalue weighted by Crippen LogP contribution is -2.53. The minimum Gasteiger partial charge on any atom is -0.425 e. The number of aromatic nitrogens is 2. The van der Waals surface area contributed by atoms with Crippen LogP contribution in [-0.4, -0.2) is 52.6 Å². The van der Waals surface area contributed by atoms with E-state index in [4.69, 9.17) is 9.15 Å². The predicted molar refractivity (Wildman–Crippen MR) is 92.5 cm³/mol. The third kappa shape index (κ3) is 3.68. The van der Waals surface area contributed by atoms with Gasteiger partial charge in [-0.3, -0.25) is 9.59 Å². The van der Waals surface area contributed by atoms with Crippen LogP contribution in [0.3, 0.4) is 0 Å². The van der Waals surface area contributed by atoms with E-state index in [2.05, 4.69) is 10.2 Å². The third-order valence-corrected chi connectivity index (χ3v) is 6.04. The minimum absolute atomic E-state index is 0.0543. The molecule has 2 heterocycles. The summed E-state index contributed by atoms with van der Waals surface area (Å²) in [6.07, 6.45) is 7.90. The Hall–Kier alpha value is -1.76. The summed E-state index contributed by atoms with van der Waals surface area (Å²) in [5, 5.41) is 8.29. The van der Waals surface area contributed by atoms with Crippen LogP contribution in [0, 0.1) is 5.92 Å². The van der Waals surface area contributed by atoms with E-state index in [-0.39, 0.29) is 23.7 Å². The molecule has 1 aromatic heterocycles. The summed E-state index contributed by atoms with van der Waals surface area (Å²) in [6, 6.07) is -0.108. The summed E-state index contributed by atoms with van der Waals surface area (Å²) in [6.45, 7) is 1.56. The molecule has 26 heavy (non-hydrogen) atoms.